The third kappa shape index (κ3) is 5.10. The Balaban J connectivity index is 1.78. The van der Waals surface area contributed by atoms with Gasteiger partial charge in [-0.05, 0) is 49.4 Å². The second-order valence-electron chi connectivity index (χ2n) is 6.03. The summed E-state index contributed by atoms with van der Waals surface area (Å²) in [7, 11) is 0. The van der Waals surface area contributed by atoms with E-state index in [1.165, 1.54) is 37.3 Å². The van der Waals surface area contributed by atoms with Crippen molar-refractivity contribution in [1.29, 1.82) is 0 Å². The number of benzene rings is 2. The summed E-state index contributed by atoms with van der Waals surface area (Å²) in [6.45, 7) is 3.10. The van der Waals surface area contributed by atoms with E-state index in [1.54, 1.807) is 31.2 Å². The molecule has 2 amide bonds. The molecule has 0 unspecified atom stereocenters. The number of halogens is 1. The molecule has 0 spiro atoms. The predicted molar refractivity (Wildman–Crippen MR) is 105 cm³/mol. The lowest BCUT2D eigenvalue weighted by Crippen LogP contribution is -2.15. The molecule has 0 atom stereocenters. The van der Waals surface area contributed by atoms with Gasteiger partial charge in [0, 0.05) is 30.1 Å². The van der Waals surface area contributed by atoms with Gasteiger partial charge in [-0.2, -0.15) is 0 Å². The number of carbonyl (C=O) groups is 2. The van der Waals surface area contributed by atoms with E-state index in [0.29, 0.717) is 28.7 Å². The van der Waals surface area contributed by atoms with Crippen LogP contribution in [-0.2, 0) is 4.79 Å². The topological polar surface area (TPSA) is 96.0 Å². The lowest BCUT2D eigenvalue weighted by Gasteiger charge is -2.10. The molecule has 8 heteroatoms. The molecule has 7 nitrogen and oxygen atoms in total. The van der Waals surface area contributed by atoms with Gasteiger partial charge in [0.05, 0.1) is 0 Å². The van der Waals surface area contributed by atoms with E-state index >= 15 is 0 Å². The number of aryl methyl sites for hydroxylation is 1. The first-order valence-electron chi connectivity index (χ1n) is 8.46. The second-order valence-corrected chi connectivity index (χ2v) is 6.03. The quantitative estimate of drug-likeness (QED) is 0.625. The standard InChI is InChI=1S/C20H18FN5O2/c1-12-22-18(20(28)26-15-8-6-14(21)7-9-15)11-19(23-12)25-17-5-3-4-16(10-17)24-13(2)27/h3-11H,1-2H3,(H,24,27)(H,26,28)(H,22,23,25). The third-order valence-corrected chi connectivity index (χ3v) is 3.63. The fraction of sp³-hybridized carbons (Fsp3) is 0.100. The minimum atomic E-state index is -0.438. The highest BCUT2D eigenvalue weighted by Gasteiger charge is 2.11. The molecule has 3 rings (SSSR count). The zero-order chi connectivity index (χ0) is 20.1. The van der Waals surface area contributed by atoms with Crippen LogP contribution in [0.5, 0.6) is 0 Å². The molecular formula is C20H18FN5O2. The van der Waals surface area contributed by atoms with Crippen LogP contribution < -0.4 is 16.0 Å². The van der Waals surface area contributed by atoms with Crippen LogP contribution in [0, 0.1) is 12.7 Å². The van der Waals surface area contributed by atoms with E-state index in [0.717, 1.165) is 0 Å². The molecule has 0 fully saturated rings. The van der Waals surface area contributed by atoms with Crippen LogP contribution in [-0.4, -0.2) is 21.8 Å². The summed E-state index contributed by atoms with van der Waals surface area (Å²) in [5, 5.41) is 8.46. The normalized spacial score (nSPS) is 10.2. The summed E-state index contributed by atoms with van der Waals surface area (Å²) >= 11 is 0. The minimum Gasteiger partial charge on any atom is -0.340 e. The molecule has 3 aromatic rings. The highest BCUT2D eigenvalue weighted by Crippen LogP contribution is 2.20. The lowest BCUT2D eigenvalue weighted by atomic mass is 10.2. The fourth-order valence-corrected chi connectivity index (χ4v) is 2.50. The van der Waals surface area contributed by atoms with Crippen LogP contribution in [0.3, 0.4) is 0 Å². The van der Waals surface area contributed by atoms with Crippen LogP contribution >= 0.6 is 0 Å². The molecule has 0 aliphatic heterocycles. The van der Waals surface area contributed by atoms with E-state index in [2.05, 4.69) is 25.9 Å². The van der Waals surface area contributed by atoms with Gasteiger partial charge in [0.25, 0.3) is 5.91 Å². The maximum absolute atomic E-state index is 13.0. The summed E-state index contributed by atoms with van der Waals surface area (Å²) in [4.78, 5) is 32.1. The molecule has 1 heterocycles. The third-order valence-electron chi connectivity index (χ3n) is 3.63. The van der Waals surface area contributed by atoms with Crippen LogP contribution in [0.15, 0.2) is 54.6 Å². The Hall–Kier alpha value is -3.81. The molecule has 0 aliphatic rings. The highest BCUT2D eigenvalue weighted by atomic mass is 19.1. The molecule has 0 saturated heterocycles. The molecule has 0 bridgehead atoms. The predicted octanol–water partition coefficient (Wildman–Crippen LogP) is 3.88. The second kappa shape index (κ2) is 8.26. The molecule has 1 aromatic heterocycles. The first-order chi connectivity index (χ1) is 13.4. The average molecular weight is 379 g/mol. The summed E-state index contributed by atoms with van der Waals surface area (Å²) in [6.07, 6.45) is 0. The Labute approximate surface area is 161 Å². The van der Waals surface area contributed by atoms with Crippen molar-refractivity contribution >= 4 is 34.7 Å². The first kappa shape index (κ1) is 19.0. The van der Waals surface area contributed by atoms with Gasteiger partial charge in [0.1, 0.15) is 23.2 Å². The SMILES string of the molecule is CC(=O)Nc1cccc(Nc2cc(C(=O)Nc3ccc(F)cc3)nc(C)n2)c1. The zero-order valence-electron chi connectivity index (χ0n) is 15.3. The van der Waals surface area contributed by atoms with Crippen molar-refractivity contribution in [3.63, 3.8) is 0 Å². The van der Waals surface area contributed by atoms with Gasteiger partial charge in [-0.25, -0.2) is 14.4 Å². The van der Waals surface area contributed by atoms with Gasteiger partial charge in [0.2, 0.25) is 5.91 Å². The Morgan fingerprint density at radius 2 is 1.61 bits per heavy atom. The van der Waals surface area contributed by atoms with Crippen molar-refractivity contribution in [2.24, 2.45) is 0 Å². The summed E-state index contributed by atoms with van der Waals surface area (Å²) in [5.41, 5.74) is 1.95. The molecule has 0 aliphatic carbocycles. The van der Waals surface area contributed by atoms with E-state index in [-0.39, 0.29) is 17.4 Å². The van der Waals surface area contributed by atoms with Gasteiger partial charge in [0.15, 0.2) is 0 Å². The Kier molecular flexibility index (Phi) is 5.59. The summed E-state index contributed by atoms with van der Waals surface area (Å²) in [5.74, 6) is -0.158. The number of hydrogen-bond donors (Lipinski definition) is 3. The maximum Gasteiger partial charge on any atom is 0.274 e. The van der Waals surface area contributed by atoms with Gasteiger partial charge >= 0.3 is 0 Å². The van der Waals surface area contributed by atoms with E-state index in [4.69, 9.17) is 0 Å². The van der Waals surface area contributed by atoms with Gasteiger partial charge in [-0.3, -0.25) is 9.59 Å². The van der Waals surface area contributed by atoms with E-state index in [1.807, 2.05) is 0 Å². The fourth-order valence-electron chi connectivity index (χ4n) is 2.50. The van der Waals surface area contributed by atoms with Crippen LogP contribution in [0.4, 0.5) is 27.3 Å². The lowest BCUT2D eigenvalue weighted by molar-refractivity contribution is -0.114. The smallest absolute Gasteiger partial charge is 0.274 e. The molecule has 28 heavy (non-hydrogen) atoms. The van der Waals surface area contributed by atoms with Crippen molar-refractivity contribution < 1.29 is 14.0 Å². The molecule has 3 N–H and O–H groups in total. The van der Waals surface area contributed by atoms with Crippen molar-refractivity contribution in [2.45, 2.75) is 13.8 Å². The van der Waals surface area contributed by atoms with E-state index < -0.39 is 5.91 Å². The maximum atomic E-state index is 13.0. The number of amides is 2. The molecule has 0 radical (unpaired) electrons. The number of hydrogen-bond acceptors (Lipinski definition) is 5. The van der Waals surface area contributed by atoms with Crippen LogP contribution in [0.25, 0.3) is 0 Å². The molecular weight excluding hydrogens is 361 g/mol. The van der Waals surface area contributed by atoms with Crippen molar-refractivity contribution in [3.8, 4) is 0 Å². The number of nitrogens with one attached hydrogen (secondary N) is 3. The van der Waals surface area contributed by atoms with Gasteiger partial charge in [-0.1, -0.05) is 6.07 Å². The number of carbonyl (C=O) groups excluding carboxylic acids is 2. The van der Waals surface area contributed by atoms with Crippen LogP contribution in [0.2, 0.25) is 0 Å². The Morgan fingerprint density at radius 3 is 2.32 bits per heavy atom. The molecule has 142 valence electrons. The van der Waals surface area contributed by atoms with Gasteiger partial charge < -0.3 is 16.0 Å². The highest BCUT2D eigenvalue weighted by molar-refractivity contribution is 6.03. The number of anilines is 4. The van der Waals surface area contributed by atoms with Crippen molar-refractivity contribution in [2.75, 3.05) is 16.0 Å². The molecule has 0 saturated carbocycles. The largest absolute Gasteiger partial charge is 0.340 e. The monoisotopic (exact) mass is 379 g/mol. The number of nitrogens with zero attached hydrogens (tertiary/aromatic N) is 2. The first-order valence-corrected chi connectivity index (χ1v) is 8.46. The summed E-state index contributed by atoms with van der Waals surface area (Å²) in [6, 6.07) is 14.1. The zero-order valence-corrected chi connectivity index (χ0v) is 15.3. The Morgan fingerprint density at radius 1 is 0.893 bits per heavy atom. The number of aromatic nitrogens is 2. The minimum absolute atomic E-state index is 0.164. The number of rotatable bonds is 5. The van der Waals surface area contributed by atoms with E-state index in [9.17, 15) is 14.0 Å². The van der Waals surface area contributed by atoms with Crippen molar-refractivity contribution in [3.05, 3.63) is 71.9 Å². The van der Waals surface area contributed by atoms with Gasteiger partial charge in [-0.15, -0.1) is 0 Å². The molecule has 2 aromatic carbocycles. The Bertz CT molecular complexity index is 1020. The van der Waals surface area contributed by atoms with Crippen LogP contribution in [0.1, 0.15) is 23.2 Å². The summed E-state index contributed by atoms with van der Waals surface area (Å²) < 4.78 is 13.0. The van der Waals surface area contributed by atoms with Crippen molar-refractivity contribution in [1.82, 2.24) is 9.97 Å². The average Bonchev–Trinajstić information content (AvgIpc) is 2.63.